The molecule has 6 nitrogen and oxygen atoms in total. The minimum absolute atomic E-state index is 0.121. The van der Waals surface area contributed by atoms with Crippen LogP contribution in [-0.2, 0) is 19.1 Å². The molecule has 0 bridgehead atoms. The average Bonchev–Trinajstić information content (AvgIpc) is 2.28. The van der Waals surface area contributed by atoms with Crippen LogP contribution in [0.15, 0.2) is 12.2 Å². The molecular weight excluding hydrogens is 252 g/mol. The van der Waals surface area contributed by atoms with Crippen LogP contribution in [0.25, 0.3) is 0 Å². The summed E-state index contributed by atoms with van der Waals surface area (Å²) in [6.45, 7) is 7.06. The third-order valence-corrected chi connectivity index (χ3v) is 2.23. The Labute approximate surface area is 113 Å². The predicted molar refractivity (Wildman–Crippen MR) is 67.8 cm³/mol. The van der Waals surface area contributed by atoms with Crippen LogP contribution in [0.5, 0.6) is 0 Å². The van der Waals surface area contributed by atoms with Gasteiger partial charge < -0.3 is 19.7 Å². The quantitative estimate of drug-likeness (QED) is 0.373. The number of esters is 2. The molecular formula is C13H22O6. The van der Waals surface area contributed by atoms with E-state index in [0.29, 0.717) is 25.7 Å². The van der Waals surface area contributed by atoms with Gasteiger partial charge in [0.2, 0.25) is 12.6 Å². The van der Waals surface area contributed by atoms with Crippen molar-refractivity contribution >= 4 is 11.9 Å². The molecule has 0 saturated carbocycles. The van der Waals surface area contributed by atoms with E-state index in [2.05, 4.69) is 16.1 Å². The Morgan fingerprint density at radius 1 is 1.05 bits per heavy atom. The molecule has 0 amide bonds. The normalized spacial score (nSPS) is 13.5. The molecule has 2 N–H and O–H groups in total. The lowest BCUT2D eigenvalue weighted by Crippen LogP contribution is -2.22. The van der Waals surface area contributed by atoms with Gasteiger partial charge in [-0.15, -0.1) is 0 Å². The fourth-order valence-electron chi connectivity index (χ4n) is 1.26. The molecule has 0 aromatic rings. The number of aliphatic hydroxyl groups is 2. The van der Waals surface area contributed by atoms with Crippen LogP contribution in [0.1, 0.15) is 46.0 Å². The zero-order valence-electron chi connectivity index (χ0n) is 11.4. The summed E-state index contributed by atoms with van der Waals surface area (Å²) in [4.78, 5) is 22.8. The first-order valence-electron chi connectivity index (χ1n) is 6.35. The SMILES string of the molecule is C=C(CC(=O)OC(O)CCC)C(=O)OC(O)CCC. The van der Waals surface area contributed by atoms with Crippen LogP contribution in [0.3, 0.4) is 0 Å². The van der Waals surface area contributed by atoms with Crippen molar-refractivity contribution in [2.75, 3.05) is 0 Å². The van der Waals surface area contributed by atoms with E-state index in [1.165, 1.54) is 0 Å². The molecule has 0 fully saturated rings. The fourth-order valence-corrected chi connectivity index (χ4v) is 1.26. The largest absolute Gasteiger partial charge is 0.436 e. The van der Waals surface area contributed by atoms with E-state index in [-0.39, 0.29) is 12.0 Å². The Balaban J connectivity index is 4.08. The molecule has 0 aliphatic rings. The minimum Gasteiger partial charge on any atom is -0.436 e. The van der Waals surface area contributed by atoms with Gasteiger partial charge in [-0.2, -0.15) is 0 Å². The van der Waals surface area contributed by atoms with Gasteiger partial charge in [-0.05, 0) is 0 Å². The number of ether oxygens (including phenoxy) is 2. The number of carbonyl (C=O) groups is 2. The smallest absolute Gasteiger partial charge is 0.336 e. The van der Waals surface area contributed by atoms with Gasteiger partial charge in [-0.25, -0.2) is 4.79 Å². The molecule has 0 aromatic heterocycles. The minimum atomic E-state index is -1.20. The van der Waals surface area contributed by atoms with Crippen LogP contribution in [-0.4, -0.2) is 34.7 Å². The van der Waals surface area contributed by atoms with Gasteiger partial charge in [0, 0.05) is 18.4 Å². The molecule has 0 spiro atoms. The van der Waals surface area contributed by atoms with Crippen LogP contribution in [0.2, 0.25) is 0 Å². The van der Waals surface area contributed by atoms with E-state index < -0.39 is 24.5 Å². The lowest BCUT2D eigenvalue weighted by Gasteiger charge is -2.13. The summed E-state index contributed by atoms with van der Waals surface area (Å²) < 4.78 is 9.30. The Morgan fingerprint density at radius 2 is 1.53 bits per heavy atom. The highest BCUT2D eigenvalue weighted by Gasteiger charge is 2.18. The van der Waals surface area contributed by atoms with E-state index >= 15 is 0 Å². The Bertz CT molecular complexity index is 312. The highest BCUT2D eigenvalue weighted by atomic mass is 16.6. The Hall–Kier alpha value is -1.40. The molecule has 0 aliphatic carbocycles. The maximum Gasteiger partial charge on any atom is 0.336 e. The van der Waals surface area contributed by atoms with Gasteiger partial charge in [-0.3, -0.25) is 4.79 Å². The van der Waals surface area contributed by atoms with Gasteiger partial charge in [0.15, 0.2) is 0 Å². The second-order valence-electron chi connectivity index (χ2n) is 4.16. The van der Waals surface area contributed by atoms with Crippen molar-refractivity contribution in [2.24, 2.45) is 0 Å². The van der Waals surface area contributed by atoms with Gasteiger partial charge in [0.1, 0.15) is 0 Å². The lowest BCUT2D eigenvalue weighted by atomic mass is 10.2. The molecule has 0 saturated heterocycles. The zero-order valence-corrected chi connectivity index (χ0v) is 11.4. The predicted octanol–water partition coefficient (Wildman–Crippen LogP) is 1.26. The average molecular weight is 274 g/mol. The first-order valence-corrected chi connectivity index (χ1v) is 6.35. The second-order valence-corrected chi connectivity index (χ2v) is 4.16. The summed E-state index contributed by atoms with van der Waals surface area (Å²) in [6.07, 6.45) is -0.773. The van der Waals surface area contributed by atoms with Gasteiger partial charge in [0.05, 0.1) is 6.42 Å². The van der Waals surface area contributed by atoms with Crippen molar-refractivity contribution in [1.82, 2.24) is 0 Å². The third-order valence-electron chi connectivity index (χ3n) is 2.23. The molecule has 0 rings (SSSR count). The van der Waals surface area contributed by atoms with Crippen LogP contribution in [0.4, 0.5) is 0 Å². The third kappa shape index (κ3) is 8.34. The van der Waals surface area contributed by atoms with Crippen molar-refractivity contribution in [3.63, 3.8) is 0 Å². The molecule has 0 heterocycles. The molecule has 19 heavy (non-hydrogen) atoms. The highest BCUT2D eigenvalue weighted by molar-refractivity contribution is 5.93. The number of carbonyl (C=O) groups excluding carboxylic acids is 2. The molecule has 0 aliphatic heterocycles. The van der Waals surface area contributed by atoms with Gasteiger partial charge >= 0.3 is 11.9 Å². The van der Waals surface area contributed by atoms with Gasteiger partial charge in [-0.1, -0.05) is 33.3 Å². The maximum absolute atomic E-state index is 11.4. The van der Waals surface area contributed by atoms with Crippen molar-refractivity contribution in [1.29, 1.82) is 0 Å². The molecule has 110 valence electrons. The second kappa shape index (κ2) is 9.52. The lowest BCUT2D eigenvalue weighted by molar-refractivity contribution is -0.171. The number of hydrogen-bond acceptors (Lipinski definition) is 6. The summed E-state index contributed by atoms with van der Waals surface area (Å²) in [5, 5.41) is 18.5. The topological polar surface area (TPSA) is 93.1 Å². The van der Waals surface area contributed by atoms with Crippen molar-refractivity contribution < 1.29 is 29.3 Å². The maximum atomic E-state index is 11.4. The molecule has 0 radical (unpaired) electrons. The van der Waals surface area contributed by atoms with E-state index in [4.69, 9.17) is 0 Å². The first kappa shape index (κ1) is 17.6. The van der Waals surface area contributed by atoms with E-state index in [0.717, 1.165) is 0 Å². The van der Waals surface area contributed by atoms with Crippen molar-refractivity contribution in [2.45, 2.75) is 58.5 Å². The number of rotatable bonds is 9. The Morgan fingerprint density at radius 3 is 2.00 bits per heavy atom. The summed E-state index contributed by atoms with van der Waals surface area (Å²) >= 11 is 0. The summed E-state index contributed by atoms with van der Waals surface area (Å²) in [6, 6.07) is 0. The fraction of sp³-hybridized carbons (Fsp3) is 0.692. The summed E-state index contributed by atoms with van der Waals surface area (Å²) in [5.41, 5.74) is -0.121. The molecule has 6 heteroatoms. The van der Waals surface area contributed by atoms with Crippen LogP contribution >= 0.6 is 0 Å². The standard InChI is InChI=1S/C13H22O6/c1-4-6-10(14)18-12(16)8-9(3)13(17)19-11(15)7-5-2/h10-11,14-15H,3-8H2,1-2H3. The highest BCUT2D eigenvalue weighted by Crippen LogP contribution is 2.09. The molecule has 2 atom stereocenters. The monoisotopic (exact) mass is 274 g/mol. The summed E-state index contributed by atoms with van der Waals surface area (Å²) in [7, 11) is 0. The van der Waals surface area contributed by atoms with E-state index in [9.17, 15) is 19.8 Å². The van der Waals surface area contributed by atoms with Crippen molar-refractivity contribution in [3.05, 3.63) is 12.2 Å². The van der Waals surface area contributed by atoms with Crippen molar-refractivity contribution in [3.8, 4) is 0 Å². The molecule has 0 aromatic carbocycles. The summed E-state index contributed by atoms with van der Waals surface area (Å²) in [5.74, 6) is -1.60. The van der Waals surface area contributed by atoms with Gasteiger partial charge in [0.25, 0.3) is 0 Å². The molecule has 2 unspecified atom stereocenters. The number of hydrogen-bond donors (Lipinski definition) is 2. The first-order chi connectivity index (χ1) is 8.90. The number of aliphatic hydroxyl groups excluding tert-OH is 2. The zero-order chi connectivity index (χ0) is 14.8. The van der Waals surface area contributed by atoms with Crippen LogP contribution in [0, 0.1) is 0 Å². The van der Waals surface area contributed by atoms with E-state index in [1.54, 1.807) is 0 Å². The van der Waals surface area contributed by atoms with E-state index in [1.807, 2.05) is 13.8 Å². The van der Waals surface area contributed by atoms with Crippen LogP contribution < -0.4 is 0 Å². The Kier molecular flexibility index (Phi) is 8.82.